The molecule has 0 aromatic carbocycles. The number of nitrogens with one attached hydrogen (secondary N) is 2. The fraction of sp³-hybridized carbons (Fsp3) is 0.643. The van der Waals surface area contributed by atoms with E-state index in [-0.39, 0.29) is 18.1 Å². The van der Waals surface area contributed by atoms with Crippen molar-refractivity contribution in [2.24, 2.45) is 5.92 Å². The van der Waals surface area contributed by atoms with E-state index in [1.54, 1.807) is 12.1 Å². The highest BCUT2D eigenvalue weighted by Gasteiger charge is 2.17. The first-order chi connectivity index (χ1) is 8.90. The minimum Gasteiger partial charge on any atom is -0.467 e. The van der Waals surface area contributed by atoms with Gasteiger partial charge in [-0.05, 0) is 31.9 Å². The van der Waals surface area contributed by atoms with Gasteiger partial charge in [0.2, 0.25) is 0 Å². The number of hydrogen-bond donors (Lipinski definition) is 3. The maximum absolute atomic E-state index is 11.7. The van der Waals surface area contributed by atoms with Crippen LogP contribution in [0, 0.1) is 5.92 Å². The predicted molar refractivity (Wildman–Crippen MR) is 73.7 cm³/mol. The first-order valence-corrected chi connectivity index (χ1v) is 6.68. The number of hydrogen-bond acceptors (Lipinski definition) is 3. The van der Waals surface area contributed by atoms with Crippen molar-refractivity contribution in [1.29, 1.82) is 0 Å². The summed E-state index contributed by atoms with van der Waals surface area (Å²) in [5, 5.41) is 15.6. The Morgan fingerprint density at radius 1 is 1.32 bits per heavy atom. The first-order valence-electron chi connectivity index (χ1n) is 6.68. The lowest BCUT2D eigenvalue weighted by Crippen LogP contribution is -2.46. The van der Waals surface area contributed by atoms with Crippen LogP contribution in [0.4, 0.5) is 4.79 Å². The molecule has 1 heterocycles. The summed E-state index contributed by atoms with van der Waals surface area (Å²) in [5.41, 5.74) is 0. The molecule has 1 aromatic rings. The number of furan rings is 1. The van der Waals surface area contributed by atoms with Crippen molar-refractivity contribution in [1.82, 2.24) is 10.6 Å². The van der Waals surface area contributed by atoms with Gasteiger partial charge in [0.1, 0.15) is 11.9 Å². The Hall–Kier alpha value is -1.49. The van der Waals surface area contributed by atoms with Crippen molar-refractivity contribution < 1.29 is 14.3 Å². The third kappa shape index (κ3) is 5.34. The summed E-state index contributed by atoms with van der Waals surface area (Å²) < 4.78 is 5.12. The zero-order valence-corrected chi connectivity index (χ0v) is 12.0. The third-order valence-corrected chi connectivity index (χ3v) is 3.18. The molecule has 0 saturated heterocycles. The summed E-state index contributed by atoms with van der Waals surface area (Å²) in [7, 11) is 0. The number of urea groups is 1. The Morgan fingerprint density at radius 3 is 2.53 bits per heavy atom. The van der Waals surface area contributed by atoms with Crippen molar-refractivity contribution in [2.75, 3.05) is 0 Å². The second kappa shape index (κ2) is 7.19. The average Bonchev–Trinajstić information content (AvgIpc) is 2.81. The van der Waals surface area contributed by atoms with E-state index in [0.29, 0.717) is 18.1 Å². The van der Waals surface area contributed by atoms with Gasteiger partial charge in [-0.25, -0.2) is 4.79 Å². The lowest BCUT2D eigenvalue weighted by Gasteiger charge is -2.21. The molecule has 5 nitrogen and oxygen atoms in total. The first kappa shape index (κ1) is 15.6. The fourth-order valence-electron chi connectivity index (χ4n) is 1.63. The van der Waals surface area contributed by atoms with Crippen molar-refractivity contribution in [3.05, 3.63) is 24.2 Å². The van der Waals surface area contributed by atoms with Gasteiger partial charge in [-0.3, -0.25) is 0 Å². The SMILES string of the molecule is CC(CC(O)c1ccco1)NC(=O)NC(C)C(C)C. The summed E-state index contributed by atoms with van der Waals surface area (Å²) in [5.74, 6) is 0.902. The van der Waals surface area contributed by atoms with E-state index in [9.17, 15) is 9.90 Å². The molecule has 2 amide bonds. The van der Waals surface area contributed by atoms with Gasteiger partial charge in [-0.15, -0.1) is 0 Å². The third-order valence-electron chi connectivity index (χ3n) is 3.18. The summed E-state index contributed by atoms with van der Waals surface area (Å²) in [4.78, 5) is 11.7. The molecule has 0 spiro atoms. The van der Waals surface area contributed by atoms with Gasteiger partial charge in [0.05, 0.1) is 6.26 Å². The monoisotopic (exact) mass is 268 g/mol. The normalized spacial score (nSPS) is 15.9. The maximum Gasteiger partial charge on any atom is 0.315 e. The summed E-state index contributed by atoms with van der Waals surface area (Å²) >= 11 is 0. The maximum atomic E-state index is 11.7. The molecule has 3 atom stereocenters. The molecular weight excluding hydrogens is 244 g/mol. The molecule has 0 fully saturated rings. The predicted octanol–water partition coefficient (Wildman–Crippen LogP) is 2.44. The Balaban J connectivity index is 2.34. The molecule has 0 aliphatic rings. The zero-order valence-electron chi connectivity index (χ0n) is 12.0. The van der Waals surface area contributed by atoms with E-state index >= 15 is 0 Å². The molecule has 19 heavy (non-hydrogen) atoms. The lowest BCUT2D eigenvalue weighted by atomic mass is 10.1. The largest absolute Gasteiger partial charge is 0.467 e. The Bertz CT molecular complexity index is 376. The molecule has 108 valence electrons. The lowest BCUT2D eigenvalue weighted by molar-refractivity contribution is 0.129. The van der Waals surface area contributed by atoms with Crippen LogP contribution in [0.2, 0.25) is 0 Å². The molecule has 0 bridgehead atoms. The highest BCUT2D eigenvalue weighted by atomic mass is 16.4. The molecule has 3 N–H and O–H groups in total. The van der Waals surface area contributed by atoms with Crippen LogP contribution in [-0.2, 0) is 0 Å². The molecule has 3 unspecified atom stereocenters. The van der Waals surface area contributed by atoms with Crippen LogP contribution in [0.1, 0.15) is 46.0 Å². The van der Waals surface area contributed by atoms with Crippen molar-refractivity contribution in [2.45, 2.75) is 52.3 Å². The number of carbonyl (C=O) groups is 1. The van der Waals surface area contributed by atoms with Gasteiger partial charge in [0, 0.05) is 18.5 Å². The van der Waals surface area contributed by atoms with Crippen molar-refractivity contribution in [3.8, 4) is 0 Å². The smallest absolute Gasteiger partial charge is 0.315 e. The molecular formula is C14H24N2O3. The van der Waals surface area contributed by atoms with Crippen LogP contribution < -0.4 is 10.6 Å². The van der Waals surface area contributed by atoms with Gasteiger partial charge in [-0.1, -0.05) is 13.8 Å². The van der Waals surface area contributed by atoms with E-state index in [1.165, 1.54) is 6.26 Å². The number of rotatable bonds is 6. The molecule has 0 radical (unpaired) electrons. The van der Waals surface area contributed by atoms with Gasteiger partial charge >= 0.3 is 6.03 Å². The number of amides is 2. The molecule has 0 aliphatic heterocycles. The Kier molecular flexibility index (Phi) is 5.89. The number of aliphatic hydroxyl groups is 1. The van der Waals surface area contributed by atoms with Crippen LogP contribution in [0.3, 0.4) is 0 Å². The molecule has 0 saturated carbocycles. The highest BCUT2D eigenvalue weighted by molar-refractivity contribution is 5.74. The second-order valence-corrected chi connectivity index (χ2v) is 5.32. The van der Waals surface area contributed by atoms with Crippen LogP contribution >= 0.6 is 0 Å². The fourth-order valence-corrected chi connectivity index (χ4v) is 1.63. The van der Waals surface area contributed by atoms with Crippen LogP contribution in [0.15, 0.2) is 22.8 Å². The number of aliphatic hydroxyl groups excluding tert-OH is 1. The summed E-state index contributed by atoms with van der Waals surface area (Å²) in [6.45, 7) is 7.92. The average molecular weight is 268 g/mol. The van der Waals surface area contributed by atoms with E-state index < -0.39 is 6.10 Å². The minimum atomic E-state index is -0.701. The van der Waals surface area contributed by atoms with Gasteiger partial charge in [0.15, 0.2) is 0 Å². The standard InChI is InChI=1S/C14H24N2O3/c1-9(2)11(4)16-14(18)15-10(3)8-12(17)13-6-5-7-19-13/h5-7,9-12,17H,8H2,1-4H3,(H2,15,16,18). The van der Waals surface area contributed by atoms with Crippen LogP contribution in [0.5, 0.6) is 0 Å². The Morgan fingerprint density at radius 2 is 2.00 bits per heavy atom. The van der Waals surface area contributed by atoms with Crippen molar-refractivity contribution >= 4 is 6.03 Å². The van der Waals surface area contributed by atoms with Crippen molar-refractivity contribution in [3.63, 3.8) is 0 Å². The minimum absolute atomic E-state index is 0.113. The molecule has 5 heteroatoms. The van der Waals surface area contributed by atoms with E-state index in [1.807, 2.05) is 13.8 Å². The molecule has 1 rings (SSSR count). The molecule has 0 aliphatic carbocycles. The summed E-state index contributed by atoms with van der Waals surface area (Å²) in [6, 6.07) is 3.22. The van der Waals surface area contributed by atoms with Crippen LogP contribution in [0.25, 0.3) is 0 Å². The summed E-state index contributed by atoms with van der Waals surface area (Å²) in [6.07, 6.45) is 1.23. The Labute approximate surface area is 114 Å². The van der Waals surface area contributed by atoms with Gasteiger partial charge in [0.25, 0.3) is 0 Å². The zero-order chi connectivity index (χ0) is 14.4. The van der Waals surface area contributed by atoms with Crippen LogP contribution in [-0.4, -0.2) is 23.2 Å². The van der Waals surface area contributed by atoms with Gasteiger partial charge < -0.3 is 20.2 Å². The van der Waals surface area contributed by atoms with Gasteiger partial charge in [-0.2, -0.15) is 0 Å². The highest BCUT2D eigenvalue weighted by Crippen LogP contribution is 2.18. The quantitative estimate of drug-likeness (QED) is 0.741. The van der Waals surface area contributed by atoms with E-state index in [2.05, 4.69) is 24.5 Å². The molecule has 1 aromatic heterocycles. The van der Waals surface area contributed by atoms with E-state index in [0.717, 1.165) is 0 Å². The number of carbonyl (C=O) groups excluding carboxylic acids is 1. The second-order valence-electron chi connectivity index (χ2n) is 5.32. The van der Waals surface area contributed by atoms with E-state index in [4.69, 9.17) is 4.42 Å². The topological polar surface area (TPSA) is 74.5 Å².